The normalized spacial score (nSPS) is 13.0. The summed E-state index contributed by atoms with van der Waals surface area (Å²) in [6.45, 7) is 13.5. The van der Waals surface area contributed by atoms with E-state index in [4.69, 9.17) is 4.74 Å². The minimum Gasteiger partial charge on any atom is -0.383 e. The molecule has 2 aromatic rings. The number of hydrogen-bond donors (Lipinski definition) is 2. The summed E-state index contributed by atoms with van der Waals surface area (Å²) in [5.74, 6) is 0.798. The summed E-state index contributed by atoms with van der Waals surface area (Å²) in [6, 6.07) is 11.0. The molecule has 2 N–H and O–H groups in total. The molecule has 0 fully saturated rings. The van der Waals surface area contributed by atoms with Crippen LogP contribution >= 0.6 is 0 Å². The van der Waals surface area contributed by atoms with E-state index in [1.54, 1.807) is 7.11 Å². The summed E-state index contributed by atoms with van der Waals surface area (Å²) in [7, 11) is 3.52. The Morgan fingerprint density at radius 1 is 1.17 bits per heavy atom. The summed E-state index contributed by atoms with van der Waals surface area (Å²) in [6.07, 6.45) is 0. The molecule has 7 heteroatoms. The summed E-state index contributed by atoms with van der Waals surface area (Å²) in [5.41, 5.74) is 4.72. The van der Waals surface area contributed by atoms with E-state index in [9.17, 15) is 0 Å². The fourth-order valence-corrected chi connectivity index (χ4v) is 3.77. The number of nitrogens with zero attached hydrogens (tertiary/aromatic N) is 4. The van der Waals surface area contributed by atoms with Crippen molar-refractivity contribution < 1.29 is 4.74 Å². The van der Waals surface area contributed by atoms with Gasteiger partial charge in [0.05, 0.1) is 24.9 Å². The van der Waals surface area contributed by atoms with E-state index in [2.05, 4.69) is 83.7 Å². The minimum absolute atomic E-state index is 0.292. The zero-order valence-electron chi connectivity index (χ0n) is 19.4. The Bertz CT molecular complexity index is 782. The fourth-order valence-electron chi connectivity index (χ4n) is 3.77. The molecule has 0 bridgehead atoms. The molecule has 1 aromatic heterocycles. The molecule has 0 saturated carbocycles. The second-order valence-electron chi connectivity index (χ2n) is 7.32. The highest BCUT2D eigenvalue weighted by atomic mass is 16.5. The SMILES string of the molecule is CCN(CC)C(CNC(=NC)NCc1c(C)nn(CCOC)c1C)c1ccccc1. The van der Waals surface area contributed by atoms with Crippen LogP contribution in [0.4, 0.5) is 0 Å². The topological polar surface area (TPSA) is 66.7 Å². The van der Waals surface area contributed by atoms with Gasteiger partial charge in [-0.1, -0.05) is 44.2 Å². The lowest BCUT2D eigenvalue weighted by molar-refractivity contribution is 0.182. The first-order valence-electron chi connectivity index (χ1n) is 10.8. The molecule has 7 nitrogen and oxygen atoms in total. The molecule has 0 spiro atoms. The summed E-state index contributed by atoms with van der Waals surface area (Å²) >= 11 is 0. The molecule has 1 atom stereocenters. The van der Waals surface area contributed by atoms with Crippen LogP contribution in [0.5, 0.6) is 0 Å². The number of guanidine groups is 1. The fraction of sp³-hybridized carbons (Fsp3) is 0.565. The minimum atomic E-state index is 0.292. The van der Waals surface area contributed by atoms with Gasteiger partial charge in [0.15, 0.2) is 5.96 Å². The number of aliphatic imine (C=N–C) groups is 1. The molecule has 1 aromatic carbocycles. The smallest absolute Gasteiger partial charge is 0.191 e. The lowest BCUT2D eigenvalue weighted by Crippen LogP contribution is -2.43. The first-order chi connectivity index (χ1) is 14.5. The molecule has 0 aliphatic rings. The van der Waals surface area contributed by atoms with Crippen LogP contribution in [-0.2, 0) is 17.8 Å². The van der Waals surface area contributed by atoms with Crippen LogP contribution in [0.3, 0.4) is 0 Å². The standard InChI is InChI=1S/C23H38N6O/c1-7-28(8-2)22(20-12-10-9-11-13-20)17-26-23(24-5)25-16-21-18(3)27-29(19(21)4)14-15-30-6/h9-13,22H,7-8,14-17H2,1-6H3,(H2,24,25,26). The zero-order valence-corrected chi connectivity index (χ0v) is 19.4. The molecule has 0 radical (unpaired) electrons. The van der Waals surface area contributed by atoms with Crippen LogP contribution in [-0.4, -0.2) is 61.0 Å². The van der Waals surface area contributed by atoms with Gasteiger partial charge >= 0.3 is 0 Å². The third-order valence-electron chi connectivity index (χ3n) is 5.60. The van der Waals surface area contributed by atoms with Gasteiger partial charge in [0.2, 0.25) is 0 Å². The maximum absolute atomic E-state index is 5.18. The van der Waals surface area contributed by atoms with Gasteiger partial charge < -0.3 is 15.4 Å². The summed E-state index contributed by atoms with van der Waals surface area (Å²) < 4.78 is 7.20. The Morgan fingerprint density at radius 2 is 1.87 bits per heavy atom. The van der Waals surface area contributed by atoms with Crippen molar-refractivity contribution in [2.45, 2.75) is 46.8 Å². The maximum Gasteiger partial charge on any atom is 0.191 e. The van der Waals surface area contributed by atoms with E-state index in [0.717, 1.165) is 43.5 Å². The van der Waals surface area contributed by atoms with Crippen molar-refractivity contribution in [2.24, 2.45) is 4.99 Å². The first kappa shape index (κ1) is 23.9. The van der Waals surface area contributed by atoms with Gasteiger partial charge in [-0.05, 0) is 32.5 Å². The Morgan fingerprint density at radius 3 is 2.47 bits per heavy atom. The summed E-state index contributed by atoms with van der Waals surface area (Å²) in [4.78, 5) is 6.89. The molecule has 1 unspecified atom stereocenters. The highest BCUT2D eigenvalue weighted by Crippen LogP contribution is 2.19. The largest absolute Gasteiger partial charge is 0.383 e. The van der Waals surface area contributed by atoms with Gasteiger partial charge in [-0.15, -0.1) is 0 Å². The Balaban J connectivity index is 2.02. The molecular weight excluding hydrogens is 376 g/mol. The highest BCUT2D eigenvalue weighted by molar-refractivity contribution is 5.79. The van der Waals surface area contributed by atoms with Crippen molar-refractivity contribution in [1.82, 2.24) is 25.3 Å². The van der Waals surface area contributed by atoms with Crippen molar-refractivity contribution in [3.63, 3.8) is 0 Å². The molecule has 0 amide bonds. The monoisotopic (exact) mass is 414 g/mol. The zero-order chi connectivity index (χ0) is 21.9. The van der Waals surface area contributed by atoms with Crippen LogP contribution in [0, 0.1) is 13.8 Å². The first-order valence-corrected chi connectivity index (χ1v) is 10.8. The number of ether oxygens (including phenoxy) is 1. The molecule has 0 aliphatic carbocycles. The van der Waals surface area contributed by atoms with Crippen molar-refractivity contribution in [3.05, 3.63) is 52.8 Å². The van der Waals surface area contributed by atoms with E-state index >= 15 is 0 Å². The van der Waals surface area contributed by atoms with Crippen LogP contribution in [0.15, 0.2) is 35.3 Å². The molecule has 0 saturated heterocycles. The molecule has 0 aliphatic heterocycles. The maximum atomic E-state index is 5.18. The quantitative estimate of drug-likeness (QED) is 0.437. The molecule has 2 rings (SSSR count). The van der Waals surface area contributed by atoms with Gasteiger partial charge in [-0.2, -0.15) is 5.10 Å². The van der Waals surface area contributed by atoms with E-state index < -0.39 is 0 Å². The lowest BCUT2D eigenvalue weighted by atomic mass is 10.1. The molecule has 1 heterocycles. The number of hydrogen-bond acceptors (Lipinski definition) is 4. The van der Waals surface area contributed by atoms with Gasteiger partial charge in [-0.25, -0.2) is 0 Å². The molecule has 30 heavy (non-hydrogen) atoms. The average Bonchev–Trinajstić information content (AvgIpc) is 3.04. The predicted molar refractivity (Wildman–Crippen MR) is 124 cm³/mol. The lowest BCUT2D eigenvalue weighted by Gasteiger charge is -2.30. The van der Waals surface area contributed by atoms with Gasteiger partial charge in [-0.3, -0.25) is 14.6 Å². The van der Waals surface area contributed by atoms with Crippen LogP contribution in [0.25, 0.3) is 0 Å². The second-order valence-corrected chi connectivity index (χ2v) is 7.32. The predicted octanol–water partition coefficient (Wildman–Crippen LogP) is 2.89. The molecule has 166 valence electrons. The van der Waals surface area contributed by atoms with Gasteiger partial charge in [0, 0.05) is 38.5 Å². The van der Waals surface area contributed by atoms with Crippen LogP contribution in [0.1, 0.15) is 42.4 Å². The Labute approximate surface area is 181 Å². The number of aryl methyl sites for hydroxylation is 1. The van der Waals surface area contributed by atoms with Crippen LogP contribution in [0.2, 0.25) is 0 Å². The van der Waals surface area contributed by atoms with Crippen molar-refractivity contribution in [3.8, 4) is 0 Å². The highest BCUT2D eigenvalue weighted by Gasteiger charge is 2.18. The van der Waals surface area contributed by atoms with E-state index in [1.807, 2.05) is 11.7 Å². The van der Waals surface area contributed by atoms with Gasteiger partial charge in [0.1, 0.15) is 0 Å². The number of methoxy groups -OCH3 is 1. The van der Waals surface area contributed by atoms with E-state index in [-0.39, 0.29) is 0 Å². The number of likely N-dealkylation sites (N-methyl/N-ethyl adjacent to an activating group) is 1. The second kappa shape index (κ2) is 12.3. The third kappa shape index (κ3) is 6.31. The average molecular weight is 415 g/mol. The Kier molecular flexibility index (Phi) is 9.83. The molecular formula is C23H38N6O. The number of rotatable bonds is 11. The number of nitrogens with one attached hydrogen (secondary N) is 2. The van der Waals surface area contributed by atoms with E-state index in [1.165, 1.54) is 11.1 Å². The summed E-state index contributed by atoms with van der Waals surface area (Å²) in [5, 5.41) is 11.6. The number of aromatic nitrogens is 2. The van der Waals surface area contributed by atoms with Crippen molar-refractivity contribution >= 4 is 5.96 Å². The van der Waals surface area contributed by atoms with Gasteiger partial charge in [0.25, 0.3) is 0 Å². The van der Waals surface area contributed by atoms with E-state index in [0.29, 0.717) is 19.2 Å². The van der Waals surface area contributed by atoms with Crippen LogP contribution < -0.4 is 10.6 Å². The Hall–Kier alpha value is -2.38. The number of benzene rings is 1. The van der Waals surface area contributed by atoms with Crippen molar-refractivity contribution in [2.75, 3.05) is 40.4 Å². The van der Waals surface area contributed by atoms with Crippen molar-refractivity contribution in [1.29, 1.82) is 0 Å². The third-order valence-corrected chi connectivity index (χ3v) is 5.60.